The summed E-state index contributed by atoms with van der Waals surface area (Å²) in [6.07, 6.45) is 1.65. The predicted octanol–water partition coefficient (Wildman–Crippen LogP) is 1.84. The van der Waals surface area contributed by atoms with Crippen molar-refractivity contribution in [3.05, 3.63) is 16.7 Å². The molecule has 0 radical (unpaired) electrons. The van der Waals surface area contributed by atoms with E-state index in [2.05, 4.69) is 4.98 Å². The molecule has 2 heterocycles. The van der Waals surface area contributed by atoms with Crippen LogP contribution in [0.2, 0.25) is 5.15 Å². The Labute approximate surface area is 90.1 Å². The van der Waals surface area contributed by atoms with Crippen LogP contribution in [0.3, 0.4) is 0 Å². The minimum Gasteiger partial charge on any atom is -0.280 e. The van der Waals surface area contributed by atoms with Crippen molar-refractivity contribution in [3.8, 4) is 0 Å². The highest BCUT2D eigenvalue weighted by Crippen LogP contribution is 2.25. The maximum Gasteiger partial charge on any atom is 0.197 e. The van der Waals surface area contributed by atoms with Gasteiger partial charge in [0.05, 0.1) is 5.75 Å². The first-order valence-corrected chi connectivity index (χ1v) is 6.81. The van der Waals surface area contributed by atoms with Gasteiger partial charge in [-0.15, -0.1) is 11.3 Å². The molecule has 0 spiro atoms. The molecule has 0 atom stereocenters. The second kappa shape index (κ2) is 3.22. The highest BCUT2D eigenvalue weighted by molar-refractivity contribution is 7.91. The lowest BCUT2D eigenvalue weighted by molar-refractivity contribution is 0.592. The van der Waals surface area contributed by atoms with Crippen molar-refractivity contribution in [1.29, 1.82) is 0 Å². The predicted molar refractivity (Wildman–Crippen MR) is 55.8 cm³/mol. The lowest BCUT2D eigenvalue weighted by Crippen LogP contribution is -2.06. The number of thiazole rings is 1. The van der Waals surface area contributed by atoms with Gasteiger partial charge in [-0.3, -0.25) is 4.40 Å². The number of fused-ring (bicyclic) bond motifs is 1. The lowest BCUT2D eigenvalue weighted by atomic mass is 10.9. The maximum absolute atomic E-state index is 11.7. The monoisotopic (exact) mass is 250 g/mol. The van der Waals surface area contributed by atoms with Crippen molar-refractivity contribution in [3.63, 3.8) is 0 Å². The van der Waals surface area contributed by atoms with Crippen LogP contribution in [0.15, 0.2) is 16.6 Å². The molecule has 0 saturated heterocycles. The van der Waals surface area contributed by atoms with Crippen molar-refractivity contribution in [2.24, 2.45) is 0 Å². The van der Waals surface area contributed by atoms with Crippen LogP contribution >= 0.6 is 22.9 Å². The van der Waals surface area contributed by atoms with E-state index in [1.807, 2.05) is 0 Å². The van der Waals surface area contributed by atoms with E-state index < -0.39 is 9.84 Å². The fraction of sp³-hybridized carbons (Fsp3) is 0.286. The minimum atomic E-state index is -3.31. The second-order valence-electron chi connectivity index (χ2n) is 2.67. The maximum atomic E-state index is 11.7. The highest BCUT2D eigenvalue weighted by Gasteiger charge is 2.22. The summed E-state index contributed by atoms with van der Waals surface area (Å²) in [6.45, 7) is 1.58. The zero-order valence-corrected chi connectivity index (χ0v) is 9.66. The molecule has 0 unspecified atom stereocenters. The number of rotatable bonds is 2. The van der Waals surface area contributed by atoms with Crippen LogP contribution in [-0.2, 0) is 9.84 Å². The molecule has 7 heteroatoms. The zero-order valence-electron chi connectivity index (χ0n) is 7.27. The fourth-order valence-electron chi connectivity index (χ4n) is 1.15. The molecule has 0 fully saturated rings. The van der Waals surface area contributed by atoms with Gasteiger partial charge in [0.25, 0.3) is 0 Å². The summed E-state index contributed by atoms with van der Waals surface area (Å²) >= 11 is 7.12. The third-order valence-corrected chi connectivity index (χ3v) is 4.72. The number of hydrogen-bond donors (Lipinski definition) is 0. The number of hydrogen-bond acceptors (Lipinski definition) is 4. The minimum absolute atomic E-state index is 0.0242. The van der Waals surface area contributed by atoms with Crippen LogP contribution in [0.25, 0.3) is 4.96 Å². The summed E-state index contributed by atoms with van der Waals surface area (Å²) in [5, 5.41) is 1.92. The van der Waals surface area contributed by atoms with E-state index in [-0.39, 0.29) is 15.9 Å². The molecule has 2 aromatic rings. The average molecular weight is 251 g/mol. The molecule has 0 bridgehead atoms. The number of halogens is 1. The first-order valence-electron chi connectivity index (χ1n) is 3.90. The third kappa shape index (κ3) is 1.34. The Balaban J connectivity index is 2.84. The quantitative estimate of drug-likeness (QED) is 0.817. The van der Waals surface area contributed by atoms with Crippen molar-refractivity contribution >= 4 is 37.7 Å². The zero-order chi connectivity index (χ0) is 10.3. The smallest absolute Gasteiger partial charge is 0.197 e. The fourth-order valence-corrected chi connectivity index (χ4v) is 3.52. The third-order valence-electron chi connectivity index (χ3n) is 1.85. The van der Waals surface area contributed by atoms with Crippen molar-refractivity contribution in [2.45, 2.75) is 11.9 Å². The van der Waals surface area contributed by atoms with Gasteiger partial charge in [-0.2, -0.15) is 0 Å². The molecule has 0 aliphatic carbocycles. The van der Waals surface area contributed by atoms with E-state index in [1.165, 1.54) is 15.7 Å². The molecule has 76 valence electrons. The largest absolute Gasteiger partial charge is 0.280 e. The molecule has 2 rings (SSSR count). The first kappa shape index (κ1) is 9.95. The van der Waals surface area contributed by atoms with Gasteiger partial charge in [0.15, 0.2) is 25.0 Å². The number of sulfone groups is 1. The highest BCUT2D eigenvalue weighted by atomic mass is 35.5. The Morgan fingerprint density at radius 1 is 1.64 bits per heavy atom. The van der Waals surface area contributed by atoms with E-state index in [4.69, 9.17) is 11.6 Å². The van der Waals surface area contributed by atoms with Crippen LogP contribution in [-0.4, -0.2) is 23.6 Å². The number of nitrogens with zero attached hydrogens (tertiary/aromatic N) is 2. The molecule has 0 aliphatic heterocycles. The van der Waals surface area contributed by atoms with Crippen LogP contribution in [0, 0.1) is 0 Å². The van der Waals surface area contributed by atoms with Crippen LogP contribution in [0.1, 0.15) is 6.92 Å². The van der Waals surface area contributed by atoms with E-state index in [0.29, 0.717) is 4.96 Å². The summed E-state index contributed by atoms with van der Waals surface area (Å²) < 4.78 is 24.8. The van der Waals surface area contributed by atoms with Crippen LogP contribution in [0.5, 0.6) is 0 Å². The molecule has 0 N–H and O–H groups in total. The van der Waals surface area contributed by atoms with Gasteiger partial charge in [0.1, 0.15) is 0 Å². The summed E-state index contributed by atoms with van der Waals surface area (Å²) in [5.41, 5.74) is 0. The van der Waals surface area contributed by atoms with Crippen molar-refractivity contribution in [2.75, 3.05) is 5.75 Å². The summed E-state index contributed by atoms with van der Waals surface area (Å²) in [5.74, 6) is 0.0242. The summed E-state index contributed by atoms with van der Waals surface area (Å²) in [6, 6.07) is 0. The van der Waals surface area contributed by atoms with Gasteiger partial charge in [0, 0.05) is 11.6 Å². The van der Waals surface area contributed by atoms with Gasteiger partial charge in [-0.25, -0.2) is 13.4 Å². The van der Waals surface area contributed by atoms with Gasteiger partial charge < -0.3 is 0 Å². The van der Waals surface area contributed by atoms with Gasteiger partial charge in [-0.1, -0.05) is 18.5 Å². The van der Waals surface area contributed by atoms with Crippen LogP contribution < -0.4 is 0 Å². The van der Waals surface area contributed by atoms with Crippen molar-refractivity contribution in [1.82, 2.24) is 9.38 Å². The number of imidazole rings is 1. The standard InChI is InChI=1S/C7H7ClN2O2S2/c1-2-14(11,12)6-5(8)9-7-10(6)3-4-13-7/h3-4H,2H2,1H3. The molecule has 0 aromatic carbocycles. The topological polar surface area (TPSA) is 51.4 Å². The molecule has 4 nitrogen and oxygen atoms in total. The van der Waals surface area contributed by atoms with E-state index in [1.54, 1.807) is 18.5 Å². The molecule has 0 aliphatic rings. The first-order chi connectivity index (χ1) is 6.56. The number of aromatic nitrogens is 2. The van der Waals surface area contributed by atoms with Gasteiger partial charge in [-0.05, 0) is 0 Å². The molecular weight excluding hydrogens is 244 g/mol. The Bertz CT molecular complexity index is 570. The molecular formula is C7H7ClN2O2S2. The van der Waals surface area contributed by atoms with E-state index >= 15 is 0 Å². The Morgan fingerprint density at radius 3 is 3.00 bits per heavy atom. The average Bonchev–Trinajstić information content (AvgIpc) is 2.62. The second-order valence-corrected chi connectivity index (χ2v) is 6.09. The Morgan fingerprint density at radius 2 is 2.36 bits per heavy atom. The SMILES string of the molecule is CCS(=O)(=O)c1c(Cl)nc2sccn12. The van der Waals surface area contributed by atoms with Gasteiger partial charge in [0.2, 0.25) is 0 Å². The summed E-state index contributed by atoms with van der Waals surface area (Å²) in [7, 11) is -3.31. The Hall–Kier alpha value is -0.590. The summed E-state index contributed by atoms with van der Waals surface area (Å²) in [4.78, 5) is 4.55. The Kier molecular flexibility index (Phi) is 2.29. The lowest BCUT2D eigenvalue weighted by Gasteiger charge is -1.98. The molecule has 14 heavy (non-hydrogen) atoms. The van der Waals surface area contributed by atoms with Crippen LogP contribution in [0.4, 0.5) is 0 Å². The van der Waals surface area contributed by atoms with E-state index in [0.717, 1.165) is 0 Å². The normalized spacial score (nSPS) is 12.4. The molecule has 2 aromatic heterocycles. The van der Waals surface area contributed by atoms with Crippen molar-refractivity contribution < 1.29 is 8.42 Å². The van der Waals surface area contributed by atoms with E-state index in [9.17, 15) is 8.42 Å². The van der Waals surface area contributed by atoms with Gasteiger partial charge >= 0.3 is 0 Å². The molecule has 0 amide bonds. The molecule has 0 saturated carbocycles.